The highest BCUT2D eigenvalue weighted by Crippen LogP contribution is 2.28. The number of halogens is 2. The van der Waals surface area contributed by atoms with Crippen LogP contribution in [0.2, 0.25) is 0 Å². The van der Waals surface area contributed by atoms with E-state index in [4.69, 9.17) is 10.2 Å². The van der Waals surface area contributed by atoms with Gasteiger partial charge >= 0.3 is 0 Å². The monoisotopic (exact) mass is 239 g/mol. The van der Waals surface area contributed by atoms with E-state index in [2.05, 4.69) is 0 Å². The van der Waals surface area contributed by atoms with E-state index in [1.807, 2.05) is 13.8 Å². The van der Waals surface area contributed by atoms with Crippen LogP contribution in [0, 0.1) is 17.6 Å². The number of furan rings is 1. The Morgan fingerprint density at radius 2 is 2.00 bits per heavy atom. The van der Waals surface area contributed by atoms with Crippen molar-refractivity contribution < 1.29 is 13.2 Å². The van der Waals surface area contributed by atoms with Gasteiger partial charge in [-0.15, -0.1) is 0 Å². The number of rotatable bonds is 3. The van der Waals surface area contributed by atoms with E-state index in [0.717, 1.165) is 6.07 Å². The minimum Gasteiger partial charge on any atom is -0.464 e. The molecule has 0 aliphatic rings. The first-order valence-electron chi connectivity index (χ1n) is 5.60. The largest absolute Gasteiger partial charge is 0.464 e. The van der Waals surface area contributed by atoms with Gasteiger partial charge in [0.2, 0.25) is 0 Å². The number of hydrogen-bond acceptors (Lipinski definition) is 2. The highest BCUT2D eigenvalue weighted by atomic mass is 19.1. The third kappa shape index (κ3) is 2.17. The number of hydrogen-bond donors (Lipinski definition) is 1. The van der Waals surface area contributed by atoms with E-state index in [1.165, 1.54) is 12.3 Å². The van der Waals surface area contributed by atoms with Crippen molar-refractivity contribution in [2.75, 3.05) is 0 Å². The Labute approximate surface area is 98.4 Å². The molecule has 92 valence electrons. The fourth-order valence-electron chi connectivity index (χ4n) is 1.81. The Morgan fingerprint density at radius 1 is 1.29 bits per heavy atom. The fraction of sp³-hybridized carbons (Fsp3) is 0.385. The van der Waals surface area contributed by atoms with Crippen molar-refractivity contribution in [3.8, 4) is 0 Å². The van der Waals surface area contributed by atoms with Crippen molar-refractivity contribution in [1.82, 2.24) is 0 Å². The van der Waals surface area contributed by atoms with Crippen molar-refractivity contribution in [1.29, 1.82) is 0 Å². The molecular formula is C13H15F2NO. The quantitative estimate of drug-likeness (QED) is 0.893. The molecule has 4 heteroatoms. The second-order valence-electron chi connectivity index (χ2n) is 4.52. The highest BCUT2D eigenvalue weighted by Gasteiger charge is 2.18. The highest BCUT2D eigenvalue weighted by molar-refractivity contribution is 5.81. The third-order valence-electron chi connectivity index (χ3n) is 3.16. The maximum Gasteiger partial charge on any atom is 0.142 e. The Hall–Kier alpha value is -1.42. The van der Waals surface area contributed by atoms with Gasteiger partial charge < -0.3 is 10.2 Å². The lowest BCUT2D eigenvalue weighted by Gasteiger charge is -2.16. The Balaban J connectivity index is 2.49. The summed E-state index contributed by atoms with van der Waals surface area (Å²) in [6.07, 6.45) is 1.81. The maximum absolute atomic E-state index is 13.7. The van der Waals surface area contributed by atoms with Crippen molar-refractivity contribution in [2.24, 2.45) is 11.7 Å². The lowest BCUT2D eigenvalue weighted by atomic mass is 9.94. The molecule has 0 spiro atoms. The van der Waals surface area contributed by atoms with Gasteiger partial charge in [-0.25, -0.2) is 8.78 Å². The molecule has 1 heterocycles. The molecule has 0 fully saturated rings. The molecule has 2 unspecified atom stereocenters. The minimum atomic E-state index is -0.594. The first-order chi connectivity index (χ1) is 8.00. The van der Waals surface area contributed by atoms with E-state index >= 15 is 0 Å². The average molecular weight is 239 g/mol. The van der Waals surface area contributed by atoms with Gasteiger partial charge in [0.05, 0.1) is 11.6 Å². The van der Waals surface area contributed by atoms with E-state index in [1.54, 1.807) is 0 Å². The summed E-state index contributed by atoms with van der Waals surface area (Å²) in [5.41, 5.74) is 6.44. The summed E-state index contributed by atoms with van der Waals surface area (Å²) in [5, 5.41) is 0.318. The summed E-state index contributed by atoms with van der Waals surface area (Å²) in [6, 6.07) is 2.36. The van der Waals surface area contributed by atoms with Crippen LogP contribution in [-0.2, 0) is 6.42 Å². The van der Waals surface area contributed by atoms with Crippen LogP contribution < -0.4 is 5.73 Å². The van der Waals surface area contributed by atoms with Gasteiger partial charge in [0.25, 0.3) is 0 Å². The van der Waals surface area contributed by atoms with E-state index in [0.29, 0.717) is 17.4 Å². The van der Waals surface area contributed by atoms with E-state index in [-0.39, 0.29) is 17.5 Å². The molecule has 2 atom stereocenters. The predicted molar refractivity (Wildman–Crippen MR) is 62.6 cm³/mol. The van der Waals surface area contributed by atoms with Crippen LogP contribution in [0.5, 0.6) is 0 Å². The number of fused-ring (bicyclic) bond motifs is 1. The first-order valence-corrected chi connectivity index (χ1v) is 5.60. The smallest absolute Gasteiger partial charge is 0.142 e. The van der Waals surface area contributed by atoms with E-state index < -0.39 is 11.6 Å². The van der Waals surface area contributed by atoms with Gasteiger partial charge in [0, 0.05) is 17.7 Å². The molecule has 17 heavy (non-hydrogen) atoms. The van der Waals surface area contributed by atoms with Crippen LogP contribution in [0.1, 0.15) is 19.4 Å². The van der Waals surface area contributed by atoms with Crippen LogP contribution in [-0.4, -0.2) is 6.04 Å². The summed E-state index contributed by atoms with van der Waals surface area (Å²) >= 11 is 0. The van der Waals surface area contributed by atoms with Crippen LogP contribution in [0.25, 0.3) is 11.0 Å². The zero-order valence-electron chi connectivity index (χ0n) is 9.84. The molecule has 0 radical (unpaired) electrons. The second-order valence-corrected chi connectivity index (χ2v) is 4.52. The lowest BCUT2D eigenvalue weighted by Crippen LogP contribution is -2.26. The van der Waals surface area contributed by atoms with Gasteiger partial charge in [-0.3, -0.25) is 0 Å². The molecular weight excluding hydrogens is 224 g/mol. The molecule has 2 nitrogen and oxygen atoms in total. The summed E-state index contributed by atoms with van der Waals surface area (Å²) in [4.78, 5) is 0. The lowest BCUT2D eigenvalue weighted by molar-refractivity contribution is 0.465. The first kappa shape index (κ1) is 12.0. The summed E-state index contributed by atoms with van der Waals surface area (Å²) < 4.78 is 32.3. The van der Waals surface area contributed by atoms with Crippen molar-refractivity contribution >= 4 is 11.0 Å². The van der Waals surface area contributed by atoms with E-state index in [9.17, 15) is 8.78 Å². The molecule has 2 N–H and O–H groups in total. The summed E-state index contributed by atoms with van der Waals surface area (Å²) in [6.45, 7) is 3.80. The zero-order chi connectivity index (χ0) is 12.6. The van der Waals surface area contributed by atoms with Gasteiger partial charge in [-0.2, -0.15) is 0 Å². The zero-order valence-corrected chi connectivity index (χ0v) is 9.84. The Morgan fingerprint density at radius 3 is 2.65 bits per heavy atom. The molecule has 2 aromatic rings. The van der Waals surface area contributed by atoms with Gasteiger partial charge in [-0.1, -0.05) is 6.92 Å². The normalized spacial score (nSPS) is 15.1. The van der Waals surface area contributed by atoms with Gasteiger partial charge in [-0.05, 0) is 25.3 Å². The average Bonchev–Trinajstić information content (AvgIpc) is 2.72. The van der Waals surface area contributed by atoms with Crippen molar-refractivity contribution in [3.05, 3.63) is 35.6 Å². The molecule has 0 aliphatic heterocycles. The minimum absolute atomic E-state index is 0.0514. The predicted octanol–water partition coefficient (Wildman–Crippen LogP) is 3.24. The van der Waals surface area contributed by atoms with Gasteiger partial charge in [0.15, 0.2) is 0 Å². The van der Waals surface area contributed by atoms with Crippen molar-refractivity contribution in [3.63, 3.8) is 0 Å². The topological polar surface area (TPSA) is 39.2 Å². The summed E-state index contributed by atoms with van der Waals surface area (Å²) in [5.74, 6) is -1.07. The van der Waals surface area contributed by atoms with Crippen LogP contribution in [0.15, 0.2) is 22.8 Å². The standard InChI is InChI=1S/C13H15F2NO/c1-7(8(2)16)5-10-12(15)6-11(14)9-3-4-17-13(9)10/h3-4,6-8H,5,16H2,1-2H3. The molecule has 1 aromatic carbocycles. The molecule has 0 saturated heterocycles. The molecule has 0 saturated carbocycles. The Bertz CT molecular complexity index is 533. The molecule has 0 bridgehead atoms. The number of benzene rings is 1. The van der Waals surface area contributed by atoms with Crippen LogP contribution in [0.3, 0.4) is 0 Å². The van der Waals surface area contributed by atoms with Crippen molar-refractivity contribution in [2.45, 2.75) is 26.3 Å². The Kier molecular flexibility index (Phi) is 3.15. The SMILES string of the molecule is CC(N)C(C)Cc1c(F)cc(F)c2ccoc12. The molecule has 0 amide bonds. The fourth-order valence-corrected chi connectivity index (χ4v) is 1.81. The molecule has 2 rings (SSSR count). The van der Waals surface area contributed by atoms with Crippen LogP contribution in [0.4, 0.5) is 8.78 Å². The van der Waals surface area contributed by atoms with Crippen LogP contribution >= 0.6 is 0 Å². The molecule has 1 aromatic heterocycles. The summed E-state index contributed by atoms with van der Waals surface area (Å²) in [7, 11) is 0. The second kappa shape index (κ2) is 4.45. The molecule has 0 aliphatic carbocycles. The number of nitrogens with two attached hydrogens (primary N) is 1. The maximum atomic E-state index is 13.7. The van der Waals surface area contributed by atoms with Gasteiger partial charge in [0.1, 0.15) is 17.2 Å². The third-order valence-corrected chi connectivity index (χ3v) is 3.16.